The first-order chi connectivity index (χ1) is 16.9. The van der Waals surface area contributed by atoms with Gasteiger partial charge in [-0.05, 0) is 75.9 Å². The average molecular weight is 622 g/mol. The van der Waals surface area contributed by atoms with Gasteiger partial charge in [0.2, 0.25) is 0 Å². The second-order valence-corrected chi connectivity index (χ2v) is 10.1. The minimum absolute atomic E-state index is 0.165. The highest BCUT2D eigenvalue weighted by molar-refractivity contribution is 9.10. The number of ether oxygens (including phenoxy) is 1. The third-order valence-electron chi connectivity index (χ3n) is 5.24. The summed E-state index contributed by atoms with van der Waals surface area (Å²) in [5.74, 6) is 0.709. The van der Waals surface area contributed by atoms with Gasteiger partial charge in [-0.3, -0.25) is 4.79 Å². The Bertz CT molecular complexity index is 1450. The maximum Gasteiger partial charge on any atom is 0.282 e. The molecule has 0 aliphatic heterocycles. The second-order valence-electron chi connectivity index (χ2n) is 7.89. The summed E-state index contributed by atoms with van der Waals surface area (Å²) in [7, 11) is 0. The summed E-state index contributed by atoms with van der Waals surface area (Å²) in [4.78, 5) is 17.9. The quantitative estimate of drug-likeness (QED) is 0.191. The van der Waals surface area contributed by atoms with Crippen LogP contribution in [-0.4, -0.2) is 15.9 Å². The van der Waals surface area contributed by atoms with Crippen molar-refractivity contribution in [3.05, 3.63) is 102 Å². The number of aromatic nitrogens is 2. The topological polar surface area (TPSA) is 56.5 Å². The molecule has 0 bridgehead atoms. The van der Waals surface area contributed by atoms with Crippen LogP contribution in [0.5, 0.6) is 5.75 Å². The van der Waals surface area contributed by atoms with Crippen LogP contribution in [0.25, 0.3) is 10.9 Å². The standard InChI is InChI=1S/C26H21Br2ClFN3O2/c1-2-3-7-24-32-23-9-8-18(27)13-20(23)26(34)33(24)31-14-17-11-21(28)25(22(29)12-17)35-15-16-5-4-6-19(30)10-16/h4-6,8-14H,2-3,7,15H2,1H3. The Balaban J connectivity index is 1.64. The summed E-state index contributed by atoms with van der Waals surface area (Å²) in [6, 6.07) is 15.1. The van der Waals surface area contributed by atoms with Gasteiger partial charge in [0.1, 0.15) is 18.2 Å². The Morgan fingerprint density at radius 1 is 1.17 bits per heavy atom. The molecular weight excluding hydrogens is 601 g/mol. The molecule has 4 rings (SSSR count). The fraction of sp³-hybridized carbons (Fsp3) is 0.192. The van der Waals surface area contributed by atoms with Gasteiger partial charge in [-0.2, -0.15) is 9.78 Å². The molecule has 3 aromatic carbocycles. The van der Waals surface area contributed by atoms with E-state index < -0.39 is 0 Å². The van der Waals surface area contributed by atoms with E-state index in [9.17, 15) is 9.18 Å². The zero-order valence-electron chi connectivity index (χ0n) is 18.8. The largest absolute Gasteiger partial charge is 0.486 e. The van der Waals surface area contributed by atoms with Crippen molar-refractivity contribution < 1.29 is 9.13 Å². The third-order valence-corrected chi connectivity index (χ3v) is 6.61. The van der Waals surface area contributed by atoms with E-state index >= 15 is 0 Å². The van der Waals surface area contributed by atoms with Gasteiger partial charge in [0.05, 0.1) is 26.6 Å². The zero-order chi connectivity index (χ0) is 24.9. The van der Waals surface area contributed by atoms with Crippen molar-refractivity contribution in [2.45, 2.75) is 32.8 Å². The molecule has 5 nitrogen and oxygen atoms in total. The summed E-state index contributed by atoms with van der Waals surface area (Å²) < 4.78 is 22.0. The number of halogens is 4. The molecule has 1 heterocycles. The molecular formula is C26H21Br2ClFN3O2. The fourth-order valence-corrected chi connectivity index (χ4v) is 4.86. The number of rotatable bonds is 8. The number of aryl methyl sites for hydroxylation is 1. The lowest BCUT2D eigenvalue weighted by Crippen LogP contribution is -2.22. The van der Waals surface area contributed by atoms with Crippen LogP contribution in [0.3, 0.4) is 0 Å². The van der Waals surface area contributed by atoms with Crippen LogP contribution in [0.1, 0.15) is 36.7 Å². The Hall–Kier alpha value is -2.55. The molecule has 35 heavy (non-hydrogen) atoms. The van der Waals surface area contributed by atoms with E-state index in [0.29, 0.717) is 49.5 Å². The highest BCUT2D eigenvalue weighted by Gasteiger charge is 2.12. The first kappa shape index (κ1) is 25.5. The smallest absolute Gasteiger partial charge is 0.282 e. The van der Waals surface area contributed by atoms with Crippen LogP contribution in [0.15, 0.2) is 73.4 Å². The van der Waals surface area contributed by atoms with E-state index in [4.69, 9.17) is 16.3 Å². The molecule has 0 N–H and O–H groups in total. The first-order valence-corrected chi connectivity index (χ1v) is 12.9. The lowest BCUT2D eigenvalue weighted by molar-refractivity contribution is 0.304. The lowest BCUT2D eigenvalue weighted by Gasteiger charge is -2.12. The van der Waals surface area contributed by atoms with Gasteiger partial charge < -0.3 is 4.74 Å². The first-order valence-electron chi connectivity index (χ1n) is 11.0. The molecule has 9 heteroatoms. The Morgan fingerprint density at radius 3 is 2.74 bits per heavy atom. The van der Waals surface area contributed by atoms with Gasteiger partial charge in [-0.25, -0.2) is 9.37 Å². The number of nitrogens with zero attached hydrogens (tertiary/aromatic N) is 3. The van der Waals surface area contributed by atoms with Crippen molar-refractivity contribution in [1.82, 2.24) is 9.66 Å². The average Bonchev–Trinajstić information content (AvgIpc) is 2.82. The molecule has 0 amide bonds. The summed E-state index contributed by atoms with van der Waals surface area (Å²) >= 11 is 13.4. The zero-order valence-corrected chi connectivity index (χ0v) is 22.7. The van der Waals surface area contributed by atoms with Crippen molar-refractivity contribution in [3.63, 3.8) is 0 Å². The molecule has 0 unspecified atom stereocenters. The summed E-state index contributed by atoms with van der Waals surface area (Å²) in [6.07, 6.45) is 4.05. The van der Waals surface area contributed by atoms with Crippen molar-refractivity contribution in [2.24, 2.45) is 5.10 Å². The predicted molar refractivity (Wildman–Crippen MR) is 145 cm³/mol. The second kappa shape index (κ2) is 11.5. The molecule has 0 aliphatic rings. The van der Waals surface area contributed by atoms with Crippen molar-refractivity contribution in [1.29, 1.82) is 0 Å². The minimum Gasteiger partial charge on any atom is -0.486 e. The number of hydrogen-bond acceptors (Lipinski definition) is 4. The molecule has 0 spiro atoms. The Morgan fingerprint density at radius 2 is 2.00 bits per heavy atom. The highest BCUT2D eigenvalue weighted by atomic mass is 79.9. The van der Waals surface area contributed by atoms with E-state index in [1.165, 1.54) is 16.8 Å². The van der Waals surface area contributed by atoms with E-state index in [-0.39, 0.29) is 18.0 Å². The number of fused-ring (bicyclic) bond motifs is 1. The fourth-order valence-electron chi connectivity index (χ4n) is 3.51. The highest BCUT2D eigenvalue weighted by Crippen LogP contribution is 2.34. The number of benzene rings is 3. The van der Waals surface area contributed by atoms with Crippen LogP contribution in [0, 0.1) is 5.82 Å². The number of unbranched alkanes of at least 4 members (excludes halogenated alkanes) is 1. The van der Waals surface area contributed by atoms with Gasteiger partial charge in [0, 0.05) is 10.9 Å². The monoisotopic (exact) mass is 619 g/mol. The van der Waals surface area contributed by atoms with Crippen LogP contribution in [-0.2, 0) is 13.0 Å². The molecule has 0 saturated heterocycles. The van der Waals surface area contributed by atoms with Crippen LogP contribution in [0.4, 0.5) is 4.39 Å². The molecule has 0 saturated carbocycles. The Labute approximate surface area is 223 Å². The predicted octanol–water partition coefficient (Wildman–Crippen LogP) is 7.52. The minimum atomic E-state index is -0.327. The van der Waals surface area contributed by atoms with Gasteiger partial charge in [0.25, 0.3) is 5.56 Å². The van der Waals surface area contributed by atoms with Crippen molar-refractivity contribution in [2.75, 3.05) is 0 Å². The lowest BCUT2D eigenvalue weighted by atomic mass is 10.2. The summed E-state index contributed by atoms with van der Waals surface area (Å²) in [5.41, 5.74) is 1.76. The summed E-state index contributed by atoms with van der Waals surface area (Å²) in [5, 5.41) is 5.30. The SMILES string of the molecule is CCCCc1nc2ccc(Br)cc2c(=O)n1N=Cc1cc(Cl)c(OCc2cccc(F)c2)c(Br)c1. The van der Waals surface area contributed by atoms with Gasteiger partial charge in [0.15, 0.2) is 5.75 Å². The van der Waals surface area contributed by atoms with Crippen LogP contribution < -0.4 is 10.3 Å². The molecule has 1 aromatic heterocycles. The molecule has 0 aliphatic carbocycles. The normalized spacial score (nSPS) is 11.5. The molecule has 180 valence electrons. The molecule has 4 aromatic rings. The maximum absolute atomic E-state index is 13.4. The number of hydrogen-bond donors (Lipinski definition) is 0. The van der Waals surface area contributed by atoms with E-state index in [2.05, 4.69) is 48.9 Å². The van der Waals surface area contributed by atoms with Gasteiger partial charge >= 0.3 is 0 Å². The maximum atomic E-state index is 13.4. The van der Waals surface area contributed by atoms with Gasteiger partial charge in [-0.15, -0.1) is 0 Å². The molecule has 0 fully saturated rings. The van der Waals surface area contributed by atoms with E-state index in [0.717, 1.165) is 17.3 Å². The van der Waals surface area contributed by atoms with Gasteiger partial charge in [-0.1, -0.05) is 53.0 Å². The van der Waals surface area contributed by atoms with E-state index in [1.807, 2.05) is 12.1 Å². The molecule has 0 radical (unpaired) electrons. The van der Waals surface area contributed by atoms with Crippen molar-refractivity contribution in [3.8, 4) is 5.75 Å². The summed E-state index contributed by atoms with van der Waals surface area (Å²) in [6.45, 7) is 2.25. The van der Waals surface area contributed by atoms with Crippen LogP contribution in [0.2, 0.25) is 5.02 Å². The Kier molecular flexibility index (Phi) is 8.36. The van der Waals surface area contributed by atoms with Crippen LogP contribution >= 0.6 is 43.5 Å². The molecule has 0 atom stereocenters. The third kappa shape index (κ3) is 6.18. The van der Waals surface area contributed by atoms with Crippen molar-refractivity contribution >= 4 is 60.6 Å². The van der Waals surface area contributed by atoms with E-state index in [1.54, 1.807) is 36.5 Å².